The molecule has 56 heavy (non-hydrogen) atoms. The molecule has 1 aliphatic carbocycles. The molecule has 0 amide bonds. The summed E-state index contributed by atoms with van der Waals surface area (Å²) in [5.41, 5.74) is 17.2. The van der Waals surface area contributed by atoms with Crippen LogP contribution in [0, 0.1) is 0 Å². The highest BCUT2D eigenvalue weighted by Gasteiger charge is 2.50. The van der Waals surface area contributed by atoms with Crippen LogP contribution in [0.5, 0.6) is 0 Å². The summed E-state index contributed by atoms with van der Waals surface area (Å²) >= 11 is 1.88. The molecule has 2 nitrogen and oxygen atoms in total. The zero-order valence-corrected chi connectivity index (χ0v) is 31.2. The first-order valence-corrected chi connectivity index (χ1v) is 19.9. The van der Waals surface area contributed by atoms with Gasteiger partial charge < -0.3 is 0 Å². The summed E-state index contributed by atoms with van der Waals surface area (Å²) in [6.07, 6.45) is 0. The van der Waals surface area contributed by atoms with Crippen molar-refractivity contribution in [3.63, 3.8) is 0 Å². The zero-order chi connectivity index (χ0) is 37.1. The van der Waals surface area contributed by atoms with Crippen LogP contribution >= 0.6 is 11.8 Å². The number of benzene rings is 8. The summed E-state index contributed by atoms with van der Waals surface area (Å²) in [6.45, 7) is 0. The van der Waals surface area contributed by atoms with Gasteiger partial charge >= 0.3 is 0 Å². The number of hydrogen-bond donors (Lipinski definition) is 0. The molecule has 0 atom stereocenters. The lowest BCUT2D eigenvalue weighted by atomic mass is 9.67. The number of aromatic nitrogens is 2. The van der Waals surface area contributed by atoms with Crippen molar-refractivity contribution in [2.24, 2.45) is 0 Å². The van der Waals surface area contributed by atoms with Gasteiger partial charge in [-0.2, -0.15) is 0 Å². The minimum absolute atomic E-state index is 0.398. The summed E-state index contributed by atoms with van der Waals surface area (Å²) in [5, 5.41) is 0. The molecule has 1 aliphatic heterocycles. The molecule has 0 saturated heterocycles. The minimum Gasteiger partial charge on any atom is -0.228 e. The molecule has 1 aromatic heterocycles. The fourth-order valence-corrected chi connectivity index (χ4v) is 10.1. The first-order chi connectivity index (χ1) is 27.8. The quantitative estimate of drug-likeness (QED) is 0.176. The lowest BCUT2D eigenvalue weighted by Gasteiger charge is -2.39. The highest BCUT2D eigenvalue weighted by atomic mass is 32.2. The molecule has 2 aliphatic rings. The van der Waals surface area contributed by atoms with E-state index in [1.165, 1.54) is 54.3 Å². The molecule has 0 saturated carbocycles. The summed E-state index contributed by atoms with van der Waals surface area (Å²) in [5.74, 6) is 0.707. The van der Waals surface area contributed by atoms with Crippen molar-refractivity contribution in [2.75, 3.05) is 0 Å². The molecule has 0 radical (unpaired) electrons. The van der Waals surface area contributed by atoms with E-state index in [0.29, 0.717) is 5.82 Å². The molecule has 0 fully saturated rings. The van der Waals surface area contributed by atoms with Gasteiger partial charge in [-0.3, -0.25) is 0 Å². The maximum atomic E-state index is 5.26. The third-order valence-electron chi connectivity index (χ3n) is 11.4. The summed E-state index contributed by atoms with van der Waals surface area (Å²) < 4.78 is 0. The maximum Gasteiger partial charge on any atom is 0.160 e. The topological polar surface area (TPSA) is 25.8 Å². The van der Waals surface area contributed by atoms with Crippen LogP contribution in [0.25, 0.3) is 67.3 Å². The number of nitrogens with zero attached hydrogens (tertiary/aromatic N) is 2. The lowest BCUT2D eigenvalue weighted by molar-refractivity contribution is 0.722. The van der Waals surface area contributed by atoms with Crippen LogP contribution in [0.15, 0.2) is 216 Å². The van der Waals surface area contributed by atoms with Gasteiger partial charge in [0.25, 0.3) is 0 Å². The molecule has 1 spiro atoms. The molecule has 9 aromatic rings. The van der Waals surface area contributed by atoms with Crippen molar-refractivity contribution >= 4 is 11.8 Å². The van der Waals surface area contributed by atoms with Crippen molar-refractivity contribution in [1.29, 1.82) is 0 Å². The Morgan fingerprint density at radius 1 is 0.304 bits per heavy atom. The van der Waals surface area contributed by atoms with Crippen LogP contribution in [0.2, 0.25) is 0 Å². The first kappa shape index (κ1) is 32.6. The van der Waals surface area contributed by atoms with E-state index in [1.807, 2.05) is 30.0 Å². The van der Waals surface area contributed by atoms with E-state index < -0.39 is 5.41 Å². The summed E-state index contributed by atoms with van der Waals surface area (Å²) in [4.78, 5) is 13.0. The molecule has 2 heterocycles. The van der Waals surface area contributed by atoms with Crippen LogP contribution in [0.3, 0.4) is 0 Å². The summed E-state index contributed by atoms with van der Waals surface area (Å²) in [6, 6.07) is 74.4. The Morgan fingerprint density at radius 3 is 1.48 bits per heavy atom. The van der Waals surface area contributed by atoms with Gasteiger partial charge in [0.05, 0.1) is 16.8 Å². The highest BCUT2D eigenvalue weighted by molar-refractivity contribution is 7.99. The van der Waals surface area contributed by atoms with Gasteiger partial charge in [0.1, 0.15) is 0 Å². The Hall–Kier alpha value is -6.81. The Labute approximate surface area is 331 Å². The van der Waals surface area contributed by atoms with Gasteiger partial charge in [0.15, 0.2) is 5.82 Å². The largest absolute Gasteiger partial charge is 0.228 e. The molecular formula is C53H34N2S. The van der Waals surface area contributed by atoms with Crippen molar-refractivity contribution in [1.82, 2.24) is 9.97 Å². The second-order valence-electron chi connectivity index (χ2n) is 14.5. The van der Waals surface area contributed by atoms with E-state index in [9.17, 15) is 0 Å². The van der Waals surface area contributed by atoms with Crippen molar-refractivity contribution in [2.45, 2.75) is 15.2 Å². The van der Waals surface area contributed by atoms with E-state index in [0.717, 1.165) is 39.2 Å². The van der Waals surface area contributed by atoms with Gasteiger partial charge in [-0.1, -0.05) is 200 Å². The third-order valence-corrected chi connectivity index (χ3v) is 12.5. The minimum atomic E-state index is -0.398. The number of fused-ring (bicyclic) bond motifs is 9. The van der Waals surface area contributed by atoms with Crippen LogP contribution in [-0.2, 0) is 5.41 Å². The van der Waals surface area contributed by atoms with E-state index in [4.69, 9.17) is 9.97 Å². The molecular weight excluding hydrogens is 697 g/mol. The zero-order valence-electron chi connectivity index (χ0n) is 30.4. The predicted molar refractivity (Wildman–Crippen MR) is 231 cm³/mol. The fourth-order valence-electron chi connectivity index (χ4n) is 8.90. The number of rotatable bonds is 5. The monoisotopic (exact) mass is 730 g/mol. The highest BCUT2D eigenvalue weighted by Crippen LogP contribution is 2.62. The fraction of sp³-hybridized carbons (Fsp3) is 0.0189. The normalized spacial score (nSPS) is 13.1. The van der Waals surface area contributed by atoms with E-state index in [1.54, 1.807) is 0 Å². The van der Waals surface area contributed by atoms with Crippen LogP contribution < -0.4 is 0 Å². The Kier molecular flexibility index (Phi) is 7.68. The molecule has 0 bridgehead atoms. The Bertz CT molecular complexity index is 2890. The van der Waals surface area contributed by atoms with E-state index in [-0.39, 0.29) is 0 Å². The predicted octanol–water partition coefficient (Wildman–Crippen LogP) is 13.6. The molecule has 8 aromatic carbocycles. The van der Waals surface area contributed by atoms with Crippen LogP contribution in [0.1, 0.15) is 22.3 Å². The van der Waals surface area contributed by atoms with E-state index >= 15 is 0 Å². The standard InChI is InChI=1S/C53H34N2S/c1-3-15-35(16-4-1)36-27-29-37(30-28-36)48-34-49(55-52(54-48)38-17-5-2-6-18-38)43-22-8-7-19-40(43)39-31-32-47-51(33-39)56-50-26-14-13-25-46(50)53(47)44-23-11-9-20-41(44)42-21-10-12-24-45(42)53/h1-34H. The van der Waals surface area contributed by atoms with Gasteiger partial charge in [-0.25, -0.2) is 9.97 Å². The van der Waals surface area contributed by atoms with Crippen LogP contribution in [0.4, 0.5) is 0 Å². The van der Waals surface area contributed by atoms with Crippen molar-refractivity contribution in [3.8, 4) is 67.3 Å². The van der Waals surface area contributed by atoms with Crippen molar-refractivity contribution in [3.05, 3.63) is 229 Å². The van der Waals surface area contributed by atoms with E-state index in [2.05, 4.69) is 188 Å². The smallest absolute Gasteiger partial charge is 0.160 e. The maximum absolute atomic E-state index is 5.26. The Balaban J connectivity index is 1.07. The summed E-state index contributed by atoms with van der Waals surface area (Å²) in [7, 11) is 0. The van der Waals surface area contributed by atoms with Gasteiger partial charge in [-0.05, 0) is 73.8 Å². The molecule has 3 heteroatoms. The Morgan fingerprint density at radius 2 is 0.786 bits per heavy atom. The number of hydrogen-bond acceptors (Lipinski definition) is 3. The molecule has 11 rings (SSSR count). The second-order valence-corrected chi connectivity index (χ2v) is 15.6. The average Bonchev–Trinajstić information content (AvgIpc) is 3.57. The molecule has 262 valence electrons. The second kappa shape index (κ2) is 13.2. The van der Waals surface area contributed by atoms with Gasteiger partial charge in [0.2, 0.25) is 0 Å². The molecule has 0 unspecified atom stereocenters. The van der Waals surface area contributed by atoms with Crippen LogP contribution in [-0.4, -0.2) is 9.97 Å². The SMILES string of the molecule is c1ccc(-c2ccc(-c3cc(-c4ccccc4-c4ccc5c(c4)Sc4ccccc4C54c5ccccc5-c5ccccc54)nc(-c4ccccc4)n3)cc2)cc1. The average molecular weight is 731 g/mol. The molecule has 0 N–H and O–H groups in total. The van der Waals surface area contributed by atoms with Gasteiger partial charge in [-0.15, -0.1) is 0 Å². The van der Waals surface area contributed by atoms with Crippen molar-refractivity contribution < 1.29 is 0 Å². The third kappa shape index (κ3) is 5.12. The van der Waals surface area contributed by atoms with Gasteiger partial charge in [0, 0.05) is 26.5 Å². The first-order valence-electron chi connectivity index (χ1n) is 19.1. The lowest BCUT2D eigenvalue weighted by Crippen LogP contribution is -2.31.